The van der Waals surface area contributed by atoms with E-state index in [-0.39, 0.29) is 6.04 Å². The number of nitrogens with two attached hydrogens (primary N) is 1. The largest absolute Gasteiger partial charge is 0.380 e. The Morgan fingerprint density at radius 2 is 2.06 bits per heavy atom. The third-order valence-corrected chi connectivity index (χ3v) is 3.12. The summed E-state index contributed by atoms with van der Waals surface area (Å²) in [7, 11) is 0. The van der Waals surface area contributed by atoms with Crippen molar-refractivity contribution in [2.75, 3.05) is 32.8 Å². The standard InChI is InChI=1S/C14H26N2O2/c1-2-6-14(17)7-10-18-12-13(15)11-16-8-4-3-5-9-16/h13-14,17H,3-5,7-12,15H2,1H3. The maximum atomic E-state index is 9.38. The normalized spacial score (nSPS) is 19.9. The number of hydrogen-bond acceptors (Lipinski definition) is 4. The van der Waals surface area contributed by atoms with Crippen LogP contribution in [0.5, 0.6) is 0 Å². The van der Waals surface area contributed by atoms with Crippen molar-refractivity contribution in [3.8, 4) is 11.8 Å². The molecule has 0 amide bonds. The third-order valence-electron chi connectivity index (χ3n) is 3.12. The van der Waals surface area contributed by atoms with Crippen molar-refractivity contribution in [3.05, 3.63) is 0 Å². The van der Waals surface area contributed by atoms with Gasteiger partial charge in [-0.2, -0.15) is 0 Å². The molecule has 3 N–H and O–H groups in total. The molecule has 0 aromatic rings. The summed E-state index contributed by atoms with van der Waals surface area (Å²) in [5, 5.41) is 9.38. The molecule has 2 atom stereocenters. The van der Waals surface area contributed by atoms with E-state index in [0.29, 0.717) is 19.6 Å². The number of rotatable bonds is 7. The summed E-state index contributed by atoms with van der Waals surface area (Å²) >= 11 is 0. The maximum absolute atomic E-state index is 9.38. The molecule has 1 heterocycles. The Hall–Kier alpha value is -0.600. The molecule has 1 aliphatic heterocycles. The van der Waals surface area contributed by atoms with Crippen LogP contribution in [-0.2, 0) is 4.74 Å². The number of nitrogens with zero attached hydrogens (tertiary/aromatic N) is 1. The van der Waals surface area contributed by atoms with Crippen LogP contribution in [0.15, 0.2) is 0 Å². The van der Waals surface area contributed by atoms with Crippen LogP contribution in [0.3, 0.4) is 0 Å². The van der Waals surface area contributed by atoms with Crippen molar-refractivity contribution in [1.82, 2.24) is 4.90 Å². The van der Waals surface area contributed by atoms with Gasteiger partial charge in [0.2, 0.25) is 0 Å². The Morgan fingerprint density at radius 1 is 1.33 bits per heavy atom. The summed E-state index contributed by atoms with van der Waals surface area (Å²) in [4.78, 5) is 2.41. The van der Waals surface area contributed by atoms with Crippen molar-refractivity contribution in [3.63, 3.8) is 0 Å². The predicted octanol–water partition coefficient (Wildman–Crippen LogP) is 0.591. The first-order chi connectivity index (χ1) is 8.72. The van der Waals surface area contributed by atoms with Crippen LogP contribution in [0.25, 0.3) is 0 Å². The van der Waals surface area contributed by atoms with Gasteiger partial charge in [0.25, 0.3) is 0 Å². The SMILES string of the molecule is CC#CC(O)CCOCC(N)CN1CCCCC1. The number of hydrogen-bond donors (Lipinski definition) is 2. The summed E-state index contributed by atoms with van der Waals surface area (Å²) in [5.41, 5.74) is 6.02. The fourth-order valence-electron chi connectivity index (χ4n) is 2.19. The molecule has 0 aromatic heterocycles. The molecule has 0 saturated carbocycles. The molecule has 0 bridgehead atoms. The summed E-state index contributed by atoms with van der Waals surface area (Å²) < 4.78 is 5.47. The van der Waals surface area contributed by atoms with Gasteiger partial charge in [0, 0.05) is 19.0 Å². The smallest absolute Gasteiger partial charge is 0.116 e. The Morgan fingerprint density at radius 3 is 2.72 bits per heavy atom. The van der Waals surface area contributed by atoms with Crippen molar-refractivity contribution in [2.24, 2.45) is 5.73 Å². The molecule has 0 spiro atoms. The van der Waals surface area contributed by atoms with Crippen molar-refractivity contribution < 1.29 is 9.84 Å². The van der Waals surface area contributed by atoms with Gasteiger partial charge in [-0.1, -0.05) is 12.3 Å². The van der Waals surface area contributed by atoms with E-state index >= 15 is 0 Å². The fraction of sp³-hybridized carbons (Fsp3) is 0.857. The molecule has 2 unspecified atom stereocenters. The number of piperidine rings is 1. The first kappa shape index (κ1) is 15.5. The topological polar surface area (TPSA) is 58.7 Å². The highest BCUT2D eigenvalue weighted by Gasteiger charge is 2.13. The average Bonchev–Trinajstić information content (AvgIpc) is 2.36. The zero-order valence-corrected chi connectivity index (χ0v) is 11.4. The molecule has 104 valence electrons. The lowest BCUT2D eigenvalue weighted by molar-refractivity contribution is 0.0812. The molecular weight excluding hydrogens is 228 g/mol. The molecule has 1 rings (SSSR count). The zero-order valence-electron chi connectivity index (χ0n) is 11.4. The van der Waals surface area contributed by atoms with E-state index in [1.165, 1.54) is 32.4 Å². The molecule has 0 radical (unpaired) electrons. The Kier molecular flexibility index (Phi) is 8.03. The van der Waals surface area contributed by atoms with Crippen LogP contribution in [0, 0.1) is 11.8 Å². The van der Waals surface area contributed by atoms with Crippen LogP contribution in [0.1, 0.15) is 32.6 Å². The second-order valence-corrected chi connectivity index (χ2v) is 4.90. The summed E-state index contributed by atoms with van der Waals surface area (Å²) in [5.74, 6) is 5.37. The van der Waals surface area contributed by atoms with Crippen LogP contribution in [-0.4, -0.2) is 55.0 Å². The minimum atomic E-state index is -0.576. The van der Waals surface area contributed by atoms with Crippen LogP contribution >= 0.6 is 0 Å². The third kappa shape index (κ3) is 6.97. The Bertz CT molecular complexity index is 267. The highest BCUT2D eigenvalue weighted by Crippen LogP contribution is 2.08. The van der Waals surface area contributed by atoms with Gasteiger partial charge in [0.1, 0.15) is 6.10 Å². The fourth-order valence-corrected chi connectivity index (χ4v) is 2.19. The highest BCUT2D eigenvalue weighted by atomic mass is 16.5. The maximum Gasteiger partial charge on any atom is 0.116 e. The van der Waals surface area contributed by atoms with E-state index in [0.717, 1.165) is 6.54 Å². The van der Waals surface area contributed by atoms with Gasteiger partial charge in [-0.05, 0) is 32.9 Å². The number of ether oxygens (including phenoxy) is 1. The minimum absolute atomic E-state index is 0.0671. The number of aliphatic hydroxyl groups excluding tert-OH is 1. The molecular formula is C14H26N2O2. The van der Waals surface area contributed by atoms with Crippen LogP contribution < -0.4 is 5.73 Å². The van der Waals surface area contributed by atoms with E-state index in [1.807, 2.05) is 0 Å². The molecule has 0 aromatic carbocycles. The van der Waals surface area contributed by atoms with E-state index in [1.54, 1.807) is 6.92 Å². The molecule has 1 aliphatic rings. The van der Waals surface area contributed by atoms with Gasteiger partial charge in [0.15, 0.2) is 0 Å². The van der Waals surface area contributed by atoms with Crippen molar-refractivity contribution in [1.29, 1.82) is 0 Å². The molecule has 18 heavy (non-hydrogen) atoms. The second kappa shape index (κ2) is 9.35. The zero-order chi connectivity index (χ0) is 13.2. The van der Waals surface area contributed by atoms with Crippen molar-refractivity contribution >= 4 is 0 Å². The summed E-state index contributed by atoms with van der Waals surface area (Å²) in [6.07, 6.45) is 3.90. The lowest BCUT2D eigenvalue weighted by Crippen LogP contribution is -2.42. The van der Waals surface area contributed by atoms with E-state index < -0.39 is 6.10 Å². The van der Waals surface area contributed by atoms with Gasteiger partial charge in [0.05, 0.1) is 13.2 Å². The van der Waals surface area contributed by atoms with E-state index in [2.05, 4.69) is 16.7 Å². The average molecular weight is 254 g/mol. The predicted molar refractivity (Wildman–Crippen MR) is 73.2 cm³/mol. The van der Waals surface area contributed by atoms with Gasteiger partial charge < -0.3 is 20.5 Å². The molecule has 0 aliphatic carbocycles. The van der Waals surface area contributed by atoms with E-state index in [9.17, 15) is 5.11 Å². The van der Waals surface area contributed by atoms with E-state index in [4.69, 9.17) is 10.5 Å². The first-order valence-corrected chi connectivity index (χ1v) is 6.88. The monoisotopic (exact) mass is 254 g/mol. The number of likely N-dealkylation sites (tertiary alicyclic amines) is 1. The molecule has 1 fully saturated rings. The van der Waals surface area contributed by atoms with Gasteiger partial charge in [-0.25, -0.2) is 0 Å². The minimum Gasteiger partial charge on any atom is -0.380 e. The quantitative estimate of drug-likeness (QED) is 0.516. The summed E-state index contributed by atoms with van der Waals surface area (Å²) in [6, 6.07) is 0.0671. The first-order valence-electron chi connectivity index (χ1n) is 6.88. The van der Waals surface area contributed by atoms with Gasteiger partial charge in [-0.15, -0.1) is 5.92 Å². The molecule has 4 nitrogen and oxygen atoms in total. The summed E-state index contributed by atoms with van der Waals surface area (Å²) in [6.45, 7) is 6.04. The lowest BCUT2D eigenvalue weighted by atomic mass is 10.1. The number of aliphatic hydroxyl groups is 1. The lowest BCUT2D eigenvalue weighted by Gasteiger charge is -2.28. The highest BCUT2D eigenvalue weighted by molar-refractivity contribution is 5.01. The van der Waals surface area contributed by atoms with Crippen molar-refractivity contribution in [2.45, 2.75) is 44.8 Å². The second-order valence-electron chi connectivity index (χ2n) is 4.90. The Balaban J connectivity index is 2.01. The molecule has 1 saturated heterocycles. The van der Waals surface area contributed by atoms with Crippen LogP contribution in [0.4, 0.5) is 0 Å². The molecule has 4 heteroatoms. The van der Waals surface area contributed by atoms with Gasteiger partial charge in [-0.3, -0.25) is 0 Å². The Labute approximate surface area is 110 Å². The van der Waals surface area contributed by atoms with Crippen LogP contribution in [0.2, 0.25) is 0 Å². The van der Waals surface area contributed by atoms with Gasteiger partial charge >= 0.3 is 0 Å².